The van der Waals surface area contributed by atoms with Gasteiger partial charge in [0.2, 0.25) is 0 Å². The van der Waals surface area contributed by atoms with Crippen LogP contribution in [0.15, 0.2) is 24.3 Å². The van der Waals surface area contributed by atoms with Crippen molar-refractivity contribution in [2.75, 3.05) is 0 Å². The molecular weight excluding hydrogens is 309 g/mol. The number of carbonyl (C=O) groups excluding carboxylic acids is 2. The van der Waals surface area contributed by atoms with E-state index in [1.807, 2.05) is 0 Å². The van der Waals surface area contributed by atoms with Crippen LogP contribution >= 0.6 is 0 Å². The predicted octanol–water partition coefficient (Wildman–Crippen LogP) is -0.0119. The number of hydrogen-bond acceptors (Lipinski definition) is 7. The van der Waals surface area contributed by atoms with Gasteiger partial charge in [0.1, 0.15) is 0 Å². The normalized spacial score (nSPS) is 11.9. The molecule has 0 atom stereocenters. The number of carbonyl (C=O) groups is 2. The summed E-state index contributed by atoms with van der Waals surface area (Å²) in [6.45, 7) is 0. The maximum Gasteiger partial charge on any atom is 0.526 e. The third-order valence-corrected chi connectivity index (χ3v) is 2.65. The van der Waals surface area contributed by atoms with Gasteiger partial charge >= 0.3 is 21.6 Å². The topological polar surface area (TPSA) is 110 Å². The third kappa shape index (κ3) is 3.68. The van der Waals surface area contributed by atoms with Crippen LogP contribution in [-0.4, -0.2) is 25.9 Å². The molecule has 0 heterocycles. The first-order chi connectivity index (χ1) is 9.04. The highest BCUT2D eigenvalue weighted by atomic mass is 32.2. The fourth-order valence-corrected chi connectivity index (χ4v) is 1.13. The Kier molecular flexibility index (Phi) is 4.35. The Morgan fingerprint density at radius 2 is 1.50 bits per heavy atom. The molecule has 0 aromatic heterocycles. The highest BCUT2D eigenvalue weighted by Gasteiger charge is 2.49. The molecule has 0 radical (unpaired) electrons. The van der Waals surface area contributed by atoms with Gasteiger partial charge in [-0.1, -0.05) is 12.1 Å². The van der Waals surface area contributed by atoms with Crippen LogP contribution in [0, 0.1) is 0 Å². The number of benzene rings is 1. The lowest BCUT2D eigenvalue weighted by Gasteiger charge is -2.07. The van der Waals surface area contributed by atoms with Crippen LogP contribution in [-0.2, 0) is 19.3 Å². The number of carboxylic acid groups (broad SMARTS) is 1. The average molecular weight is 313 g/mol. The highest BCUT2D eigenvalue weighted by molar-refractivity contribution is 7.87. The summed E-state index contributed by atoms with van der Waals surface area (Å²) in [5.41, 5.74) is -6.47. The molecule has 7 nitrogen and oxygen atoms in total. The largest absolute Gasteiger partial charge is 0.545 e. The summed E-state index contributed by atoms with van der Waals surface area (Å²) in [6.07, 6.45) is 0. The maximum atomic E-state index is 11.9. The average Bonchev–Trinajstić information content (AvgIpc) is 2.34. The van der Waals surface area contributed by atoms with E-state index in [4.69, 9.17) is 0 Å². The van der Waals surface area contributed by atoms with Crippen molar-refractivity contribution in [2.45, 2.75) is 5.51 Å². The summed E-state index contributed by atoms with van der Waals surface area (Å²) < 4.78 is 59.5. The lowest BCUT2D eigenvalue weighted by atomic mass is 10.1. The van der Waals surface area contributed by atoms with Gasteiger partial charge < -0.3 is 9.90 Å². The minimum atomic E-state index is -6.07. The Labute approximate surface area is 109 Å². The Morgan fingerprint density at radius 1 is 1.05 bits per heavy atom. The van der Waals surface area contributed by atoms with Gasteiger partial charge in [-0.3, -0.25) is 4.89 Å². The van der Waals surface area contributed by atoms with E-state index in [2.05, 4.69) is 9.22 Å². The lowest BCUT2D eigenvalue weighted by Crippen LogP contribution is -2.26. The van der Waals surface area contributed by atoms with Crippen LogP contribution in [0.25, 0.3) is 0 Å². The third-order valence-electron chi connectivity index (χ3n) is 1.84. The van der Waals surface area contributed by atoms with Gasteiger partial charge in [-0.05, 0) is 22.0 Å². The van der Waals surface area contributed by atoms with Crippen LogP contribution in [0.5, 0.6) is 0 Å². The minimum Gasteiger partial charge on any atom is -0.545 e. The molecule has 0 amide bonds. The summed E-state index contributed by atoms with van der Waals surface area (Å²) >= 11 is 0. The second kappa shape index (κ2) is 5.46. The van der Waals surface area contributed by atoms with Gasteiger partial charge in [-0.25, -0.2) is 4.79 Å². The summed E-state index contributed by atoms with van der Waals surface area (Å²) in [7, 11) is -6.07. The Balaban J connectivity index is 2.76. The van der Waals surface area contributed by atoms with Gasteiger partial charge in [-0.15, -0.1) is 0 Å². The van der Waals surface area contributed by atoms with E-state index in [1.54, 1.807) is 0 Å². The molecule has 0 aliphatic heterocycles. The summed E-state index contributed by atoms with van der Waals surface area (Å²) in [5, 5.41) is 10.4. The number of rotatable bonds is 4. The molecule has 0 aliphatic carbocycles. The molecular formula is C9H4F3O7S-. The van der Waals surface area contributed by atoms with E-state index in [1.165, 1.54) is 0 Å². The minimum absolute atomic E-state index is 0.301. The van der Waals surface area contributed by atoms with Crippen molar-refractivity contribution < 1.29 is 45.5 Å². The van der Waals surface area contributed by atoms with Gasteiger partial charge in [0.15, 0.2) is 0 Å². The molecule has 0 spiro atoms. The number of alkyl halides is 3. The van der Waals surface area contributed by atoms with Gasteiger partial charge in [0, 0.05) is 0 Å². The second-order valence-electron chi connectivity index (χ2n) is 3.20. The Hall–Kier alpha value is -2.14. The van der Waals surface area contributed by atoms with E-state index in [0.29, 0.717) is 0 Å². The standard InChI is InChI=1S/C9H5F3O7S/c10-9(11,12)20(16,17)19-18-8(15)6-3-1-5(2-4-6)7(13)14/h1-4H,(H,13,14)/p-1. The molecule has 0 unspecified atom stereocenters. The fourth-order valence-electron chi connectivity index (χ4n) is 0.905. The summed E-state index contributed by atoms with van der Waals surface area (Å²) in [5.74, 6) is -3.09. The monoisotopic (exact) mass is 313 g/mol. The predicted molar refractivity (Wildman–Crippen MR) is 52.2 cm³/mol. The van der Waals surface area contributed by atoms with Crippen LogP contribution < -0.4 is 5.11 Å². The van der Waals surface area contributed by atoms with Crippen molar-refractivity contribution in [2.24, 2.45) is 0 Å². The highest BCUT2D eigenvalue weighted by Crippen LogP contribution is 2.24. The van der Waals surface area contributed by atoms with Crippen molar-refractivity contribution in [3.8, 4) is 0 Å². The van der Waals surface area contributed by atoms with Crippen molar-refractivity contribution >= 4 is 22.1 Å². The summed E-state index contributed by atoms with van der Waals surface area (Å²) in [4.78, 5) is 25.1. The van der Waals surface area contributed by atoms with Crippen molar-refractivity contribution in [3.05, 3.63) is 35.4 Å². The van der Waals surface area contributed by atoms with E-state index < -0.39 is 33.1 Å². The zero-order chi connectivity index (χ0) is 15.6. The van der Waals surface area contributed by atoms with E-state index in [-0.39, 0.29) is 5.56 Å². The zero-order valence-corrected chi connectivity index (χ0v) is 10.0. The summed E-state index contributed by atoms with van der Waals surface area (Å²) in [6, 6.07) is 3.56. The van der Waals surface area contributed by atoms with Crippen LogP contribution in [0.1, 0.15) is 20.7 Å². The molecule has 0 bridgehead atoms. The number of halogens is 3. The number of aromatic carboxylic acids is 1. The van der Waals surface area contributed by atoms with Gasteiger partial charge in [0.25, 0.3) is 0 Å². The molecule has 0 saturated heterocycles. The number of carboxylic acids is 1. The molecule has 0 aliphatic rings. The molecule has 1 aromatic rings. The smallest absolute Gasteiger partial charge is 0.526 e. The van der Waals surface area contributed by atoms with E-state index in [0.717, 1.165) is 24.3 Å². The molecule has 110 valence electrons. The van der Waals surface area contributed by atoms with Crippen LogP contribution in [0.4, 0.5) is 13.2 Å². The van der Waals surface area contributed by atoms with Crippen molar-refractivity contribution in [1.29, 1.82) is 0 Å². The molecule has 1 aromatic carbocycles. The lowest BCUT2D eigenvalue weighted by molar-refractivity contribution is -0.255. The van der Waals surface area contributed by atoms with Crippen molar-refractivity contribution in [1.82, 2.24) is 0 Å². The Morgan fingerprint density at radius 3 is 1.90 bits per heavy atom. The first-order valence-electron chi connectivity index (χ1n) is 4.58. The van der Waals surface area contributed by atoms with Gasteiger partial charge in [-0.2, -0.15) is 21.6 Å². The number of hydrogen-bond donors (Lipinski definition) is 0. The Bertz CT molecular complexity index is 618. The first kappa shape index (κ1) is 15.9. The molecule has 11 heteroatoms. The first-order valence-corrected chi connectivity index (χ1v) is 5.98. The zero-order valence-electron chi connectivity index (χ0n) is 9.21. The van der Waals surface area contributed by atoms with E-state index >= 15 is 0 Å². The maximum absolute atomic E-state index is 11.9. The molecule has 0 fully saturated rings. The fraction of sp³-hybridized carbons (Fsp3) is 0.111. The quantitative estimate of drug-likeness (QED) is 0.436. The molecule has 0 saturated carbocycles. The molecule has 20 heavy (non-hydrogen) atoms. The van der Waals surface area contributed by atoms with Crippen LogP contribution in [0.2, 0.25) is 0 Å². The second-order valence-corrected chi connectivity index (χ2v) is 4.71. The SMILES string of the molecule is O=C([O-])c1ccc(C(=O)OOS(=O)(=O)C(F)(F)F)cc1. The van der Waals surface area contributed by atoms with Gasteiger partial charge in [0.05, 0.1) is 11.5 Å². The molecule has 0 N–H and O–H groups in total. The van der Waals surface area contributed by atoms with E-state index in [9.17, 15) is 36.3 Å². The van der Waals surface area contributed by atoms with Crippen LogP contribution in [0.3, 0.4) is 0 Å². The van der Waals surface area contributed by atoms with Crippen molar-refractivity contribution in [3.63, 3.8) is 0 Å². The molecule has 1 rings (SSSR count).